The van der Waals surface area contributed by atoms with Crippen LogP contribution in [0.1, 0.15) is 37.5 Å². The number of phenols is 1. The number of phenolic OH excluding ortho intramolecular Hbond substituents is 1. The van der Waals surface area contributed by atoms with Crippen molar-refractivity contribution < 1.29 is 5.11 Å². The van der Waals surface area contributed by atoms with Crippen LogP contribution in [0.5, 0.6) is 5.75 Å². The lowest BCUT2D eigenvalue weighted by Crippen LogP contribution is -1.95. The van der Waals surface area contributed by atoms with Gasteiger partial charge in [0.05, 0.1) is 0 Å². The fourth-order valence-electron chi connectivity index (χ4n) is 2.62. The summed E-state index contributed by atoms with van der Waals surface area (Å²) in [5.74, 6) is 0.433. The minimum atomic E-state index is 0.433. The first-order valence-electron chi connectivity index (χ1n) is 7.14. The maximum Gasteiger partial charge on any atom is 0.119 e. The highest BCUT2D eigenvalue weighted by Gasteiger charge is 2.12. The predicted octanol–water partition coefficient (Wildman–Crippen LogP) is 4.75. The number of aromatic hydroxyl groups is 1. The summed E-state index contributed by atoms with van der Waals surface area (Å²) in [5.41, 5.74) is 6.03. The Kier molecular flexibility index (Phi) is 4.26. The summed E-state index contributed by atoms with van der Waals surface area (Å²) < 4.78 is 0. The molecule has 19 heavy (non-hydrogen) atoms. The average molecular weight is 254 g/mol. The first-order chi connectivity index (χ1) is 9.21. The fourth-order valence-corrected chi connectivity index (χ4v) is 2.62. The molecule has 0 amide bonds. The van der Waals surface area contributed by atoms with E-state index < -0.39 is 0 Å². The minimum Gasteiger partial charge on any atom is -0.508 e. The molecule has 0 bridgehead atoms. The van der Waals surface area contributed by atoms with E-state index >= 15 is 0 Å². The van der Waals surface area contributed by atoms with E-state index in [4.69, 9.17) is 0 Å². The molecule has 0 heterocycles. The Hall–Kier alpha value is -1.76. The zero-order valence-corrected chi connectivity index (χ0v) is 12.0. The van der Waals surface area contributed by atoms with Crippen LogP contribution in [0.15, 0.2) is 36.4 Å². The molecule has 0 aromatic heterocycles. The molecule has 0 radical (unpaired) electrons. The van der Waals surface area contributed by atoms with Gasteiger partial charge < -0.3 is 5.11 Å². The van der Waals surface area contributed by atoms with Crippen molar-refractivity contribution in [2.45, 2.75) is 40.0 Å². The first kappa shape index (κ1) is 13.7. The van der Waals surface area contributed by atoms with Gasteiger partial charge in [0.25, 0.3) is 0 Å². The second-order valence-electron chi connectivity index (χ2n) is 4.86. The van der Waals surface area contributed by atoms with E-state index in [1.54, 1.807) is 0 Å². The molecular formula is C18H22O. The molecule has 0 saturated carbocycles. The van der Waals surface area contributed by atoms with Gasteiger partial charge in [0.2, 0.25) is 0 Å². The third-order valence-electron chi connectivity index (χ3n) is 3.74. The number of benzene rings is 2. The predicted molar refractivity (Wildman–Crippen MR) is 81.7 cm³/mol. The maximum absolute atomic E-state index is 10.2. The Labute approximate surface area is 115 Å². The molecule has 0 saturated heterocycles. The van der Waals surface area contributed by atoms with E-state index in [0.717, 1.165) is 24.8 Å². The van der Waals surface area contributed by atoms with Crippen LogP contribution in [0.4, 0.5) is 0 Å². The van der Waals surface area contributed by atoms with Crippen molar-refractivity contribution in [3.05, 3.63) is 53.1 Å². The van der Waals surface area contributed by atoms with Gasteiger partial charge in [-0.3, -0.25) is 0 Å². The number of hydrogen-bond donors (Lipinski definition) is 1. The van der Waals surface area contributed by atoms with Crippen molar-refractivity contribution in [3.8, 4) is 16.9 Å². The summed E-state index contributed by atoms with van der Waals surface area (Å²) in [5, 5.41) is 10.2. The summed E-state index contributed by atoms with van der Waals surface area (Å²) in [6, 6.07) is 12.6. The normalized spacial score (nSPS) is 10.7. The summed E-state index contributed by atoms with van der Waals surface area (Å²) in [6.45, 7) is 6.39. The van der Waals surface area contributed by atoms with E-state index in [9.17, 15) is 5.11 Å². The van der Waals surface area contributed by atoms with Crippen molar-refractivity contribution in [2.24, 2.45) is 0 Å². The topological polar surface area (TPSA) is 20.2 Å². The highest BCUT2D eigenvalue weighted by molar-refractivity contribution is 5.74. The molecule has 0 aliphatic carbocycles. The van der Waals surface area contributed by atoms with Crippen LogP contribution in [0.3, 0.4) is 0 Å². The van der Waals surface area contributed by atoms with Crippen LogP contribution in [-0.2, 0) is 19.3 Å². The molecule has 0 aliphatic rings. The van der Waals surface area contributed by atoms with Gasteiger partial charge >= 0.3 is 0 Å². The fraction of sp³-hybridized carbons (Fsp3) is 0.333. The van der Waals surface area contributed by atoms with Crippen LogP contribution in [-0.4, -0.2) is 5.11 Å². The Morgan fingerprint density at radius 3 is 2.21 bits per heavy atom. The Morgan fingerprint density at radius 2 is 1.58 bits per heavy atom. The van der Waals surface area contributed by atoms with Crippen molar-refractivity contribution >= 4 is 0 Å². The number of hydrogen-bond acceptors (Lipinski definition) is 1. The van der Waals surface area contributed by atoms with Crippen molar-refractivity contribution in [1.82, 2.24) is 0 Å². The van der Waals surface area contributed by atoms with Gasteiger partial charge in [0, 0.05) is 5.56 Å². The van der Waals surface area contributed by atoms with E-state index in [1.807, 2.05) is 6.07 Å². The third-order valence-corrected chi connectivity index (χ3v) is 3.74. The molecule has 2 aromatic carbocycles. The van der Waals surface area contributed by atoms with Crippen molar-refractivity contribution in [2.75, 3.05) is 0 Å². The summed E-state index contributed by atoms with van der Waals surface area (Å²) in [6.07, 6.45) is 2.80. The third kappa shape index (κ3) is 2.65. The maximum atomic E-state index is 10.2. The molecule has 0 spiro atoms. The molecule has 0 unspecified atom stereocenters. The largest absolute Gasteiger partial charge is 0.508 e. The molecule has 2 aromatic rings. The minimum absolute atomic E-state index is 0.433. The highest BCUT2D eigenvalue weighted by atomic mass is 16.3. The Balaban J connectivity index is 2.69. The van der Waals surface area contributed by atoms with E-state index in [2.05, 4.69) is 51.1 Å². The highest BCUT2D eigenvalue weighted by Crippen LogP contribution is 2.34. The summed E-state index contributed by atoms with van der Waals surface area (Å²) >= 11 is 0. The molecule has 1 heteroatoms. The van der Waals surface area contributed by atoms with Gasteiger partial charge in [-0.2, -0.15) is 0 Å². The van der Waals surface area contributed by atoms with Crippen LogP contribution < -0.4 is 0 Å². The van der Waals surface area contributed by atoms with Gasteiger partial charge in [0.1, 0.15) is 5.75 Å². The van der Waals surface area contributed by atoms with Crippen LogP contribution in [0, 0.1) is 0 Å². The Morgan fingerprint density at radius 1 is 0.842 bits per heavy atom. The summed E-state index contributed by atoms with van der Waals surface area (Å²) in [4.78, 5) is 0. The van der Waals surface area contributed by atoms with Gasteiger partial charge in [-0.25, -0.2) is 0 Å². The lowest BCUT2D eigenvalue weighted by Gasteiger charge is -2.15. The lowest BCUT2D eigenvalue weighted by molar-refractivity contribution is 0.468. The molecule has 0 atom stereocenters. The molecular weight excluding hydrogens is 232 g/mol. The lowest BCUT2D eigenvalue weighted by atomic mass is 9.90. The van der Waals surface area contributed by atoms with E-state index in [0.29, 0.717) is 5.75 Å². The average Bonchev–Trinajstić information content (AvgIpc) is 2.46. The second-order valence-corrected chi connectivity index (χ2v) is 4.86. The smallest absolute Gasteiger partial charge is 0.119 e. The van der Waals surface area contributed by atoms with Gasteiger partial charge in [-0.05, 0) is 47.6 Å². The monoisotopic (exact) mass is 254 g/mol. The quantitative estimate of drug-likeness (QED) is 0.835. The summed E-state index contributed by atoms with van der Waals surface area (Å²) in [7, 11) is 0. The SMILES string of the molecule is CCc1cc(O)c(CC)c(-c2ccccc2CC)c1. The standard InChI is InChI=1S/C18H22O/c1-4-13-11-17(15(6-3)18(19)12-13)16-10-8-7-9-14(16)5-2/h7-12,19H,4-6H2,1-3H3. The van der Waals surface area contributed by atoms with Gasteiger partial charge in [0.15, 0.2) is 0 Å². The van der Waals surface area contributed by atoms with Gasteiger partial charge in [-0.15, -0.1) is 0 Å². The van der Waals surface area contributed by atoms with Gasteiger partial charge in [-0.1, -0.05) is 51.1 Å². The zero-order chi connectivity index (χ0) is 13.8. The van der Waals surface area contributed by atoms with E-state index in [-0.39, 0.29) is 0 Å². The van der Waals surface area contributed by atoms with Crippen LogP contribution >= 0.6 is 0 Å². The molecule has 100 valence electrons. The second kappa shape index (κ2) is 5.92. The molecule has 0 fully saturated rings. The van der Waals surface area contributed by atoms with Crippen LogP contribution in [0.25, 0.3) is 11.1 Å². The van der Waals surface area contributed by atoms with Crippen molar-refractivity contribution in [1.29, 1.82) is 0 Å². The molecule has 1 nitrogen and oxygen atoms in total. The number of rotatable bonds is 4. The Bertz CT molecular complexity index is 570. The molecule has 2 rings (SSSR count). The zero-order valence-electron chi connectivity index (χ0n) is 12.0. The van der Waals surface area contributed by atoms with Crippen molar-refractivity contribution in [3.63, 3.8) is 0 Å². The first-order valence-corrected chi connectivity index (χ1v) is 7.14. The molecule has 0 aliphatic heterocycles. The van der Waals surface area contributed by atoms with E-state index in [1.165, 1.54) is 22.3 Å². The van der Waals surface area contributed by atoms with Crippen LogP contribution in [0.2, 0.25) is 0 Å². The number of aryl methyl sites for hydroxylation is 2. The molecule has 1 N–H and O–H groups in total.